The Morgan fingerprint density at radius 3 is 3.06 bits per heavy atom. The normalized spacial score (nSPS) is 21.0. The predicted octanol–water partition coefficient (Wildman–Crippen LogP) is 1.91. The Kier molecular flexibility index (Phi) is 5.44. The Morgan fingerprint density at radius 1 is 1.33 bits per heavy atom. The largest absolute Gasteiger partial charge is 0.478 e. The molecule has 3 N–H and O–H groups in total. The molecule has 0 spiro atoms. The molecule has 0 radical (unpaired) electrons. The van der Waals surface area contributed by atoms with Gasteiger partial charge in [-0.25, -0.2) is 4.98 Å². The van der Waals surface area contributed by atoms with Gasteiger partial charge in [0, 0.05) is 29.9 Å². The second-order valence-electron chi connectivity index (χ2n) is 8.80. The third kappa shape index (κ3) is 4.65. The molecule has 5 rings (SSSR count). The van der Waals surface area contributed by atoms with Gasteiger partial charge in [-0.05, 0) is 50.1 Å². The lowest BCUT2D eigenvalue weighted by Gasteiger charge is -2.37. The number of hydrogen-bond acceptors (Lipinski definition) is 8. The highest BCUT2D eigenvalue weighted by Gasteiger charge is 2.30. The Morgan fingerprint density at radius 2 is 2.21 bits per heavy atom. The lowest BCUT2D eigenvalue weighted by atomic mass is 9.93. The van der Waals surface area contributed by atoms with Crippen LogP contribution in [0.1, 0.15) is 30.5 Å². The van der Waals surface area contributed by atoms with E-state index in [0.29, 0.717) is 30.7 Å². The molecule has 0 amide bonds. The van der Waals surface area contributed by atoms with Gasteiger partial charge in [-0.3, -0.25) is 0 Å². The van der Waals surface area contributed by atoms with Crippen molar-refractivity contribution in [1.29, 1.82) is 0 Å². The molecule has 1 aromatic heterocycles. The van der Waals surface area contributed by atoms with Crippen LogP contribution in [0.5, 0.6) is 11.6 Å². The number of fused-ring (bicyclic) bond motifs is 4. The average Bonchev–Trinajstić information content (AvgIpc) is 2.80. The highest BCUT2D eigenvalue weighted by Crippen LogP contribution is 2.33. The second kappa shape index (κ2) is 8.43. The molecule has 0 aliphatic carbocycles. The van der Waals surface area contributed by atoms with Crippen molar-refractivity contribution in [2.75, 3.05) is 19.8 Å². The molecule has 2 aromatic rings. The molecule has 0 bridgehead atoms. The third-order valence-corrected chi connectivity index (χ3v) is 5.48. The van der Waals surface area contributed by atoms with Gasteiger partial charge in [-0.2, -0.15) is 4.99 Å². The van der Waals surface area contributed by atoms with E-state index in [0.717, 1.165) is 23.2 Å². The quantitative estimate of drug-likeness (QED) is 0.680. The van der Waals surface area contributed by atoms with Crippen molar-refractivity contribution in [3.63, 3.8) is 0 Å². The summed E-state index contributed by atoms with van der Waals surface area (Å²) in [6, 6.07) is 9.68. The summed E-state index contributed by atoms with van der Waals surface area (Å²) in [5.41, 5.74) is 9.44. The van der Waals surface area contributed by atoms with Gasteiger partial charge in [0.05, 0.1) is 11.2 Å². The van der Waals surface area contributed by atoms with Crippen LogP contribution < -0.4 is 15.2 Å². The van der Waals surface area contributed by atoms with E-state index in [4.69, 9.17) is 19.9 Å². The summed E-state index contributed by atoms with van der Waals surface area (Å²) in [6.07, 6.45) is 3.00. The molecular weight excluding hydrogens is 420 g/mol. The van der Waals surface area contributed by atoms with Gasteiger partial charge in [0.2, 0.25) is 12.2 Å². The lowest BCUT2D eigenvalue weighted by Crippen LogP contribution is -2.41. The number of aliphatic hydroxyl groups is 1. The first-order valence-electron chi connectivity index (χ1n) is 10.9. The summed E-state index contributed by atoms with van der Waals surface area (Å²) >= 11 is 0. The molecule has 33 heavy (non-hydrogen) atoms. The zero-order valence-electron chi connectivity index (χ0n) is 18.6. The molecule has 3 aliphatic heterocycles. The van der Waals surface area contributed by atoms with Crippen molar-refractivity contribution in [1.82, 2.24) is 9.88 Å². The maximum absolute atomic E-state index is 10.6. The predicted molar refractivity (Wildman–Crippen MR) is 124 cm³/mol. The molecule has 4 heterocycles. The van der Waals surface area contributed by atoms with Crippen molar-refractivity contribution >= 4 is 11.6 Å². The Hall–Kier alpha value is -3.54. The zero-order valence-corrected chi connectivity index (χ0v) is 18.6. The summed E-state index contributed by atoms with van der Waals surface area (Å²) in [4.78, 5) is 10.3. The Labute approximate surface area is 192 Å². The number of hydrogen-bond donors (Lipinski definition) is 2. The number of ether oxygens (including phenoxy) is 3. The number of nitrogens with two attached hydrogens (primary N) is 1. The summed E-state index contributed by atoms with van der Waals surface area (Å²) in [6.45, 7) is 4.98. The van der Waals surface area contributed by atoms with Crippen molar-refractivity contribution in [3.05, 3.63) is 59.3 Å². The van der Waals surface area contributed by atoms with E-state index in [2.05, 4.69) is 27.9 Å². The summed E-state index contributed by atoms with van der Waals surface area (Å²) in [5, 5.41) is 10.6. The van der Waals surface area contributed by atoms with Crippen molar-refractivity contribution in [2.24, 2.45) is 10.7 Å². The van der Waals surface area contributed by atoms with E-state index in [-0.39, 0.29) is 12.7 Å². The fourth-order valence-corrected chi connectivity index (χ4v) is 3.91. The minimum absolute atomic E-state index is 0.236. The van der Waals surface area contributed by atoms with Crippen LogP contribution >= 0.6 is 0 Å². The Bertz CT molecular complexity index is 1190. The molecule has 170 valence electrons. The van der Waals surface area contributed by atoms with E-state index in [1.165, 1.54) is 5.56 Å². The molecular formula is C25H26N4O4. The summed E-state index contributed by atoms with van der Waals surface area (Å²) in [5.74, 6) is 7.65. The number of aliphatic imine (C=N–C) groups is 1. The number of pyridine rings is 1. The second-order valence-corrected chi connectivity index (χ2v) is 8.80. The lowest BCUT2D eigenvalue weighted by molar-refractivity contribution is 0.0348. The van der Waals surface area contributed by atoms with Crippen LogP contribution in [-0.4, -0.2) is 58.6 Å². The van der Waals surface area contributed by atoms with Gasteiger partial charge in [0.1, 0.15) is 13.2 Å². The number of benzene rings is 1. The SMILES string of the molecule is CC(C)(N)C#Cc1ccc2c(c1)CCN1C2=CC(OCC2COc3ncccc3O2)=NC1O. The first-order chi connectivity index (χ1) is 15.9. The highest BCUT2D eigenvalue weighted by atomic mass is 16.6. The van der Waals surface area contributed by atoms with Gasteiger partial charge < -0.3 is 30.0 Å². The van der Waals surface area contributed by atoms with Gasteiger partial charge in [-0.1, -0.05) is 17.9 Å². The van der Waals surface area contributed by atoms with Crippen molar-refractivity contribution in [3.8, 4) is 23.5 Å². The van der Waals surface area contributed by atoms with Gasteiger partial charge in [0.15, 0.2) is 11.9 Å². The summed E-state index contributed by atoms with van der Waals surface area (Å²) in [7, 11) is 0. The highest BCUT2D eigenvalue weighted by molar-refractivity contribution is 5.97. The zero-order chi connectivity index (χ0) is 23.0. The molecule has 0 saturated carbocycles. The number of rotatable bonds is 2. The van der Waals surface area contributed by atoms with Crippen LogP contribution in [0.4, 0.5) is 0 Å². The monoisotopic (exact) mass is 446 g/mol. The minimum Gasteiger partial charge on any atom is -0.478 e. The molecule has 8 heteroatoms. The van der Waals surface area contributed by atoms with Gasteiger partial charge in [-0.15, -0.1) is 0 Å². The molecule has 1 aromatic carbocycles. The molecule has 0 fully saturated rings. The Balaban J connectivity index is 1.32. The maximum atomic E-state index is 10.6. The third-order valence-electron chi connectivity index (χ3n) is 5.48. The smallest absolute Gasteiger partial charge is 0.257 e. The van der Waals surface area contributed by atoms with Crippen LogP contribution in [0.25, 0.3) is 5.70 Å². The fraction of sp³-hybridized carbons (Fsp3) is 0.360. The molecule has 8 nitrogen and oxygen atoms in total. The van der Waals surface area contributed by atoms with Crippen LogP contribution in [0.2, 0.25) is 0 Å². The fourth-order valence-electron chi connectivity index (χ4n) is 3.91. The van der Waals surface area contributed by atoms with Crippen LogP contribution in [0.15, 0.2) is 47.6 Å². The van der Waals surface area contributed by atoms with E-state index < -0.39 is 11.9 Å². The van der Waals surface area contributed by atoms with Crippen molar-refractivity contribution < 1.29 is 19.3 Å². The molecule has 2 unspecified atom stereocenters. The van der Waals surface area contributed by atoms with Gasteiger partial charge >= 0.3 is 0 Å². The molecule has 3 aliphatic rings. The molecule has 2 atom stereocenters. The van der Waals surface area contributed by atoms with E-state index >= 15 is 0 Å². The first kappa shape index (κ1) is 21.3. The molecule has 0 saturated heterocycles. The number of aliphatic hydroxyl groups excluding tert-OH is 1. The minimum atomic E-state index is -1.00. The maximum Gasteiger partial charge on any atom is 0.257 e. The van der Waals surface area contributed by atoms with Gasteiger partial charge in [0.25, 0.3) is 5.88 Å². The topological polar surface area (TPSA) is 102 Å². The number of nitrogens with zero attached hydrogens (tertiary/aromatic N) is 3. The van der Waals surface area contributed by atoms with Crippen LogP contribution in [0, 0.1) is 11.8 Å². The van der Waals surface area contributed by atoms with Crippen LogP contribution in [0.3, 0.4) is 0 Å². The first-order valence-corrected chi connectivity index (χ1v) is 10.9. The van der Waals surface area contributed by atoms with Crippen LogP contribution in [-0.2, 0) is 11.2 Å². The summed E-state index contributed by atoms with van der Waals surface area (Å²) < 4.78 is 17.4. The van der Waals surface area contributed by atoms with E-state index in [1.807, 2.05) is 43.0 Å². The van der Waals surface area contributed by atoms with E-state index in [9.17, 15) is 5.11 Å². The van der Waals surface area contributed by atoms with E-state index in [1.54, 1.807) is 12.3 Å². The van der Waals surface area contributed by atoms with Crippen molar-refractivity contribution in [2.45, 2.75) is 38.3 Å². The average molecular weight is 447 g/mol. The number of aromatic nitrogens is 1. The standard InChI is InChI=1S/C25H26N4O4/c1-25(2,26)9-7-16-5-6-19-17(12-16)8-11-29-20(19)13-22(28-24(29)30)31-14-18-15-32-23-21(33-18)4-3-10-27-23/h3-6,10,12-13,18,24,30H,8,11,14-15,26H2,1-2H3.